The third-order valence-corrected chi connectivity index (χ3v) is 2.17. The Hall–Kier alpha value is -1.82. The van der Waals surface area contributed by atoms with Crippen LogP contribution in [0.3, 0.4) is 0 Å². The molecule has 0 heterocycles. The minimum absolute atomic E-state index is 0.358. The number of benzene rings is 1. The average molecular weight is 202 g/mol. The zero-order chi connectivity index (χ0) is 11.3. The lowest BCUT2D eigenvalue weighted by Crippen LogP contribution is -1.99. The fourth-order valence-electron chi connectivity index (χ4n) is 1.43. The van der Waals surface area contributed by atoms with Crippen molar-refractivity contribution >= 4 is 6.21 Å². The van der Waals surface area contributed by atoms with E-state index >= 15 is 0 Å². The highest BCUT2D eigenvalue weighted by Gasteiger charge is 2.08. The van der Waals surface area contributed by atoms with E-state index in [0.29, 0.717) is 11.5 Å². The molecule has 15 heavy (non-hydrogen) atoms. The minimum Gasteiger partial charge on any atom is -0.399 e. The van der Waals surface area contributed by atoms with Crippen LogP contribution in [0.2, 0.25) is 0 Å². The summed E-state index contributed by atoms with van der Waals surface area (Å²) in [6, 6.07) is 7.82. The molecule has 0 unspecified atom stereocenters. The SMILES string of the molecule is CON=Cc1c(C#N)cccc1C(C)C. The molecule has 0 saturated heterocycles. The minimum atomic E-state index is 0.358. The molecule has 0 aliphatic carbocycles. The Balaban J connectivity index is 3.28. The summed E-state index contributed by atoms with van der Waals surface area (Å²) in [6.07, 6.45) is 1.59. The van der Waals surface area contributed by atoms with E-state index in [9.17, 15) is 0 Å². The van der Waals surface area contributed by atoms with Crippen LogP contribution in [-0.2, 0) is 4.84 Å². The lowest BCUT2D eigenvalue weighted by molar-refractivity contribution is 0.215. The molecule has 0 aliphatic rings. The van der Waals surface area contributed by atoms with Gasteiger partial charge in [0.05, 0.1) is 17.8 Å². The Morgan fingerprint density at radius 2 is 2.20 bits per heavy atom. The van der Waals surface area contributed by atoms with Gasteiger partial charge >= 0.3 is 0 Å². The van der Waals surface area contributed by atoms with Gasteiger partial charge in [0.25, 0.3) is 0 Å². The van der Waals surface area contributed by atoms with Crippen molar-refractivity contribution in [2.75, 3.05) is 7.11 Å². The molecule has 3 heteroatoms. The van der Waals surface area contributed by atoms with Crippen molar-refractivity contribution in [3.63, 3.8) is 0 Å². The van der Waals surface area contributed by atoms with Gasteiger partial charge in [-0.05, 0) is 17.5 Å². The molecule has 78 valence electrons. The maximum atomic E-state index is 8.97. The lowest BCUT2D eigenvalue weighted by atomic mass is 9.94. The first kappa shape index (κ1) is 11.3. The van der Waals surface area contributed by atoms with Gasteiger partial charge in [-0.2, -0.15) is 5.26 Å². The van der Waals surface area contributed by atoms with Crippen molar-refractivity contribution in [2.45, 2.75) is 19.8 Å². The third kappa shape index (κ3) is 2.57. The Morgan fingerprint density at radius 3 is 2.73 bits per heavy atom. The average Bonchev–Trinajstić information content (AvgIpc) is 2.25. The van der Waals surface area contributed by atoms with Crippen molar-refractivity contribution in [1.82, 2.24) is 0 Å². The van der Waals surface area contributed by atoms with E-state index in [-0.39, 0.29) is 0 Å². The molecule has 0 aromatic heterocycles. The molecular weight excluding hydrogens is 188 g/mol. The molecule has 0 saturated carbocycles. The summed E-state index contributed by atoms with van der Waals surface area (Å²) in [5, 5.41) is 12.7. The highest BCUT2D eigenvalue weighted by molar-refractivity contribution is 5.85. The van der Waals surface area contributed by atoms with Crippen LogP contribution in [0.4, 0.5) is 0 Å². The quantitative estimate of drug-likeness (QED) is 0.558. The molecule has 0 amide bonds. The first-order chi connectivity index (χ1) is 7.20. The second-order valence-electron chi connectivity index (χ2n) is 3.49. The van der Waals surface area contributed by atoms with Gasteiger partial charge < -0.3 is 4.84 Å². The number of rotatable bonds is 3. The number of oxime groups is 1. The molecule has 0 atom stereocenters. The first-order valence-electron chi connectivity index (χ1n) is 4.80. The molecule has 1 rings (SSSR count). The van der Waals surface area contributed by atoms with Crippen LogP contribution in [0, 0.1) is 11.3 Å². The van der Waals surface area contributed by atoms with Crippen LogP contribution < -0.4 is 0 Å². The van der Waals surface area contributed by atoms with Crippen molar-refractivity contribution in [3.8, 4) is 6.07 Å². The van der Waals surface area contributed by atoms with Crippen LogP contribution in [0.15, 0.2) is 23.4 Å². The van der Waals surface area contributed by atoms with E-state index in [2.05, 4.69) is 29.9 Å². The molecule has 1 aromatic rings. The van der Waals surface area contributed by atoms with Gasteiger partial charge in [-0.15, -0.1) is 0 Å². The summed E-state index contributed by atoms with van der Waals surface area (Å²) in [5.41, 5.74) is 2.58. The molecule has 0 aliphatic heterocycles. The summed E-state index contributed by atoms with van der Waals surface area (Å²) in [6.45, 7) is 4.17. The molecule has 0 bridgehead atoms. The van der Waals surface area contributed by atoms with Crippen molar-refractivity contribution in [2.24, 2.45) is 5.16 Å². The van der Waals surface area contributed by atoms with E-state index in [4.69, 9.17) is 5.26 Å². The molecule has 0 radical (unpaired) electrons. The van der Waals surface area contributed by atoms with E-state index in [1.165, 1.54) is 7.11 Å². The number of hydrogen-bond donors (Lipinski definition) is 0. The Morgan fingerprint density at radius 1 is 1.47 bits per heavy atom. The summed E-state index contributed by atoms with van der Waals surface area (Å²) in [4.78, 5) is 4.64. The predicted octanol–water partition coefficient (Wildman–Crippen LogP) is 2.66. The lowest BCUT2D eigenvalue weighted by Gasteiger charge is -2.10. The summed E-state index contributed by atoms with van der Waals surface area (Å²) in [5.74, 6) is 0.358. The highest BCUT2D eigenvalue weighted by Crippen LogP contribution is 2.20. The molecule has 0 fully saturated rings. The van der Waals surface area contributed by atoms with E-state index in [1.807, 2.05) is 12.1 Å². The van der Waals surface area contributed by atoms with Crippen LogP contribution in [-0.4, -0.2) is 13.3 Å². The topological polar surface area (TPSA) is 45.4 Å². The normalized spacial score (nSPS) is 10.6. The van der Waals surface area contributed by atoms with Crippen molar-refractivity contribution in [1.29, 1.82) is 5.26 Å². The molecule has 0 spiro atoms. The standard InChI is InChI=1S/C12H14N2O/c1-9(2)11-6-4-5-10(7-13)12(11)8-14-15-3/h4-6,8-9H,1-3H3. The molecular formula is C12H14N2O. The molecule has 1 aromatic carbocycles. The van der Waals surface area contributed by atoms with Gasteiger partial charge in [0, 0.05) is 5.56 Å². The van der Waals surface area contributed by atoms with Crippen molar-refractivity contribution in [3.05, 3.63) is 34.9 Å². The molecule has 0 N–H and O–H groups in total. The van der Waals surface area contributed by atoms with E-state index in [1.54, 1.807) is 12.3 Å². The third-order valence-electron chi connectivity index (χ3n) is 2.17. The molecule has 3 nitrogen and oxygen atoms in total. The zero-order valence-electron chi connectivity index (χ0n) is 9.19. The van der Waals surface area contributed by atoms with E-state index < -0.39 is 0 Å². The fourth-order valence-corrected chi connectivity index (χ4v) is 1.43. The maximum absolute atomic E-state index is 8.97. The fraction of sp³-hybridized carbons (Fsp3) is 0.333. The van der Waals surface area contributed by atoms with Crippen LogP contribution in [0.1, 0.15) is 36.5 Å². The summed E-state index contributed by atoms with van der Waals surface area (Å²) < 4.78 is 0. The van der Waals surface area contributed by atoms with Gasteiger partial charge in [-0.25, -0.2) is 0 Å². The van der Waals surface area contributed by atoms with Crippen LogP contribution in [0.5, 0.6) is 0 Å². The van der Waals surface area contributed by atoms with Gasteiger partial charge in [0.15, 0.2) is 0 Å². The maximum Gasteiger partial charge on any atom is 0.106 e. The second kappa shape index (κ2) is 5.16. The number of nitrogens with zero attached hydrogens (tertiary/aromatic N) is 2. The van der Waals surface area contributed by atoms with Gasteiger partial charge in [0.1, 0.15) is 7.11 Å². The zero-order valence-corrected chi connectivity index (χ0v) is 9.19. The number of nitriles is 1. The van der Waals surface area contributed by atoms with Gasteiger partial charge in [0.2, 0.25) is 0 Å². The Bertz CT molecular complexity index is 403. The van der Waals surface area contributed by atoms with E-state index in [0.717, 1.165) is 11.1 Å². The smallest absolute Gasteiger partial charge is 0.106 e. The summed E-state index contributed by atoms with van der Waals surface area (Å²) >= 11 is 0. The highest BCUT2D eigenvalue weighted by atomic mass is 16.6. The van der Waals surface area contributed by atoms with Crippen molar-refractivity contribution < 1.29 is 4.84 Å². The Labute approximate surface area is 90.0 Å². The van der Waals surface area contributed by atoms with Gasteiger partial charge in [-0.3, -0.25) is 0 Å². The Kier molecular flexibility index (Phi) is 3.87. The summed E-state index contributed by atoms with van der Waals surface area (Å²) in [7, 11) is 1.49. The van der Waals surface area contributed by atoms with Gasteiger partial charge in [-0.1, -0.05) is 31.1 Å². The van der Waals surface area contributed by atoms with Crippen LogP contribution >= 0.6 is 0 Å². The largest absolute Gasteiger partial charge is 0.399 e. The predicted molar refractivity (Wildman–Crippen MR) is 59.8 cm³/mol. The second-order valence-corrected chi connectivity index (χ2v) is 3.49. The monoisotopic (exact) mass is 202 g/mol. The van der Waals surface area contributed by atoms with Crippen LogP contribution in [0.25, 0.3) is 0 Å². The first-order valence-corrected chi connectivity index (χ1v) is 4.80. The number of hydrogen-bond acceptors (Lipinski definition) is 3.